The van der Waals surface area contributed by atoms with Crippen molar-refractivity contribution in [2.45, 2.75) is 25.8 Å². The topological polar surface area (TPSA) is 78.9 Å². The zero-order valence-corrected chi connectivity index (χ0v) is 11.5. The van der Waals surface area contributed by atoms with Gasteiger partial charge in [0.2, 0.25) is 5.91 Å². The van der Waals surface area contributed by atoms with Gasteiger partial charge < -0.3 is 20.1 Å². The number of carbonyl (C=O) groups is 2. The minimum Gasteiger partial charge on any atom is -0.481 e. The van der Waals surface area contributed by atoms with Crippen molar-refractivity contribution in [1.82, 2.24) is 10.2 Å². The van der Waals surface area contributed by atoms with Crippen LogP contribution in [0.1, 0.15) is 19.8 Å². The first kappa shape index (κ1) is 14.3. The van der Waals surface area contributed by atoms with E-state index in [0.29, 0.717) is 39.1 Å². The molecule has 6 heteroatoms. The van der Waals surface area contributed by atoms with E-state index in [1.807, 2.05) is 14.0 Å². The molecule has 0 aromatic heterocycles. The molecule has 0 aliphatic carbocycles. The molecule has 2 rings (SSSR count). The Morgan fingerprint density at radius 2 is 2.21 bits per heavy atom. The SMILES string of the molecule is CCC1(C(=O)O)CCN(C(=O)C2COCC2NC)C1. The van der Waals surface area contributed by atoms with E-state index >= 15 is 0 Å². The molecule has 0 radical (unpaired) electrons. The first-order chi connectivity index (χ1) is 9.04. The second kappa shape index (κ2) is 5.46. The van der Waals surface area contributed by atoms with Crippen LogP contribution in [-0.2, 0) is 14.3 Å². The summed E-state index contributed by atoms with van der Waals surface area (Å²) in [5, 5.41) is 12.4. The Morgan fingerprint density at radius 3 is 2.74 bits per heavy atom. The number of likely N-dealkylation sites (N-methyl/N-ethyl adjacent to an activating group) is 1. The van der Waals surface area contributed by atoms with Crippen molar-refractivity contribution >= 4 is 11.9 Å². The predicted octanol–water partition coefficient (Wildman–Crippen LogP) is -0.0659. The Bertz CT molecular complexity index is 374. The second-order valence-corrected chi connectivity index (χ2v) is 5.49. The smallest absolute Gasteiger partial charge is 0.311 e. The number of ether oxygens (including phenoxy) is 1. The fourth-order valence-electron chi connectivity index (χ4n) is 2.99. The monoisotopic (exact) mass is 270 g/mol. The van der Waals surface area contributed by atoms with Crippen molar-refractivity contribution in [2.75, 3.05) is 33.4 Å². The van der Waals surface area contributed by atoms with E-state index in [0.717, 1.165) is 0 Å². The number of aliphatic carboxylic acids is 1. The summed E-state index contributed by atoms with van der Waals surface area (Å²) in [4.78, 5) is 25.5. The van der Waals surface area contributed by atoms with Gasteiger partial charge in [0.15, 0.2) is 0 Å². The molecule has 0 aromatic rings. The van der Waals surface area contributed by atoms with Gasteiger partial charge in [0.1, 0.15) is 0 Å². The number of hydrogen-bond acceptors (Lipinski definition) is 4. The second-order valence-electron chi connectivity index (χ2n) is 5.49. The minimum atomic E-state index is -0.793. The van der Waals surface area contributed by atoms with Gasteiger partial charge in [-0.2, -0.15) is 0 Å². The molecule has 108 valence electrons. The molecule has 2 fully saturated rings. The predicted molar refractivity (Wildman–Crippen MR) is 68.7 cm³/mol. The van der Waals surface area contributed by atoms with Gasteiger partial charge in [0, 0.05) is 19.1 Å². The molecule has 2 saturated heterocycles. The Labute approximate surface area is 113 Å². The molecule has 2 heterocycles. The van der Waals surface area contributed by atoms with Crippen LogP contribution in [-0.4, -0.2) is 61.3 Å². The van der Waals surface area contributed by atoms with Crippen LogP contribution in [0.5, 0.6) is 0 Å². The van der Waals surface area contributed by atoms with Crippen LogP contribution >= 0.6 is 0 Å². The number of carbonyl (C=O) groups excluding carboxylic acids is 1. The molecular weight excluding hydrogens is 248 g/mol. The molecule has 1 amide bonds. The fourth-order valence-corrected chi connectivity index (χ4v) is 2.99. The van der Waals surface area contributed by atoms with Gasteiger partial charge in [-0.3, -0.25) is 9.59 Å². The fraction of sp³-hybridized carbons (Fsp3) is 0.846. The van der Waals surface area contributed by atoms with Gasteiger partial charge in [0.25, 0.3) is 0 Å². The summed E-state index contributed by atoms with van der Waals surface area (Å²) in [5.74, 6) is -0.960. The van der Waals surface area contributed by atoms with Crippen LogP contribution in [0.25, 0.3) is 0 Å². The maximum atomic E-state index is 12.5. The molecule has 2 aliphatic heterocycles. The lowest BCUT2D eigenvalue weighted by Gasteiger charge is -2.26. The van der Waals surface area contributed by atoms with E-state index in [1.54, 1.807) is 4.90 Å². The third-order valence-corrected chi connectivity index (χ3v) is 4.56. The first-order valence-corrected chi connectivity index (χ1v) is 6.81. The highest BCUT2D eigenvalue weighted by atomic mass is 16.5. The number of nitrogens with one attached hydrogen (secondary N) is 1. The van der Waals surface area contributed by atoms with Crippen LogP contribution in [0.4, 0.5) is 0 Å². The maximum Gasteiger partial charge on any atom is 0.311 e. The molecular formula is C13H22N2O4. The molecule has 0 bridgehead atoms. The number of carboxylic acid groups (broad SMARTS) is 1. The van der Waals surface area contributed by atoms with Crippen molar-refractivity contribution in [2.24, 2.45) is 11.3 Å². The molecule has 3 atom stereocenters. The van der Waals surface area contributed by atoms with Gasteiger partial charge in [0.05, 0.1) is 24.5 Å². The molecule has 0 saturated carbocycles. The normalized spacial score (nSPS) is 34.7. The van der Waals surface area contributed by atoms with E-state index in [-0.39, 0.29) is 17.9 Å². The van der Waals surface area contributed by atoms with E-state index in [9.17, 15) is 14.7 Å². The molecule has 0 aromatic carbocycles. The summed E-state index contributed by atoms with van der Waals surface area (Å²) in [6.07, 6.45) is 1.10. The molecule has 3 unspecified atom stereocenters. The molecule has 6 nitrogen and oxygen atoms in total. The van der Waals surface area contributed by atoms with Crippen LogP contribution in [0.3, 0.4) is 0 Å². The summed E-state index contributed by atoms with van der Waals surface area (Å²) >= 11 is 0. The highest BCUT2D eigenvalue weighted by molar-refractivity contribution is 5.83. The lowest BCUT2D eigenvalue weighted by molar-refractivity contribution is -0.149. The van der Waals surface area contributed by atoms with Crippen molar-refractivity contribution in [3.8, 4) is 0 Å². The quantitative estimate of drug-likeness (QED) is 0.748. The van der Waals surface area contributed by atoms with Crippen molar-refractivity contribution in [1.29, 1.82) is 0 Å². The zero-order chi connectivity index (χ0) is 14.0. The number of amides is 1. The first-order valence-electron chi connectivity index (χ1n) is 6.81. The molecule has 19 heavy (non-hydrogen) atoms. The third-order valence-electron chi connectivity index (χ3n) is 4.56. The summed E-state index contributed by atoms with van der Waals surface area (Å²) in [6.45, 7) is 3.69. The van der Waals surface area contributed by atoms with Crippen molar-refractivity contribution in [3.05, 3.63) is 0 Å². The highest BCUT2D eigenvalue weighted by Gasteiger charge is 2.47. The summed E-state index contributed by atoms with van der Waals surface area (Å²) in [5.41, 5.74) is -0.760. The van der Waals surface area contributed by atoms with E-state index in [2.05, 4.69) is 5.32 Å². The number of rotatable bonds is 4. The van der Waals surface area contributed by atoms with Crippen LogP contribution in [0.2, 0.25) is 0 Å². The Kier molecular flexibility index (Phi) is 4.10. The van der Waals surface area contributed by atoms with Gasteiger partial charge in [-0.15, -0.1) is 0 Å². The third kappa shape index (κ3) is 2.47. The van der Waals surface area contributed by atoms with Gasteiger partial charge in [-0.05, 0) is 19.9 Å². The number of carboxylic acids is 1. The minimum absolute atomic E-state index is 0.0217. The molecule has 0 spiro atoms. The lowest BCUT2D eigenvalue weighted by Crippen LogP contribution is -2.45. The number of nitrogens with zero attached hydrogens (tertiary/aromatic N) is 1. The Balaban J connectivity index is 2.04. The Morgan fingerprint density at radius 1 is 1.47 bits per heavy atom. The van der Waals surface area contributed by atoms with Crippen LogP contribution < -0.4 is 5.32 Å². The zero-order valence-electron chi connectivity index (χ0n) is 11.5. The van der Waals surface area contributed by atoms with E-state index in [1.165, 1.54) is 0 Å². The molecule has 2 N–H and O–H groups in total. The summed E-state index contributed by atoms with van der Waals surface area (Å²) in [6, 6.07) is 0.0361. The summed E-state index contributed by atoms with van der Waals surface area (Å²) < 4.78 is 5.34. The summed E-state index contributed by atoms with van der Waals surface area (Å²) in [7, 11) is 1.82. The van der Waals surface area contributed by atoms with Gasteiger partial charge >= 0.3 is 5.97 Å². The largest absolute Gasteiger partial charge is 0.481 e. The maximum absolute atomic E-state index is 12.5. The van der Waals surface area contributed by atoms with Crippen molar-refractivity contribution < 1.29 is 19.4 Å². The van der Waals surface area contributed by atoms with E-state index < -0.39 is 11.4 Å². The molecule has 2 aliphatic rings. The lowest BCUT2D eigenvalue weighted by atomic mass is 9.84. The van der Waals surface area contributed by atoms with Gasteiger partial charge in [-0.1, -0.05) is 6.92 Å². The standard InChI is InChI=1S/C13H22N2O4/c1-3-13(12(17)18)4-5-15(8-13)11(16)9-6-19-7-10(9)14-2/h9-10,14H,3-8H2,1-2H3,(H,17,18). The number of hydrogen-bond donors (Lipinski definition) is 2. The average molecular weight is 270 g/mol. The number of likely N-dealkylation sites (tertiary alicyclic amines) is 1. The van der Waals surface area contributed by atoms with Crippen molar-refractivity contribution in [3.63, 3.8) is 0 Å². The Hall–Kier alpha value is -1.14. The highest BCUT2D eigenvalue weighted by Crippen LogP contribution is 2.35. The van der Waals surface area contributed by atoms with Crippen LogP contribution in [0, 0.1) is 11.3 Å². The average Bonchev–Trinajstić information content (AvgIpc) is 3.05. The van der Waals surface area contributed by atoms with Crippen LogP contribution in [0.15, 0.2) is 0 Å². The van der Waals surface area contributed by atoms with E-state index in [4.69, 9.17) is 4.74 Å². The van der Waals surface area contributed by atoms with Gasteiger partial charge in [-0.25, -0.2) is 0 Å².